The van der Waals surface area contributed by atoms with Crippen LogP contribution in [0.5, 0.6) is 0 Å². The Morgan fingerprint density at radius 2 is 1.94 bits per heavy atom. The Morgan fingerprint density at radius 3 is 2.59 bits per heavy atom. The van der Waals surface area contributed by atoms with E-state index in [9.17, 15) is 4.79 Å². The van der Waals surface area contributed by atoms with E-state index in [1.807, 2.05) is 0 Å². The van der Waals surface area contributed by atoms with E-state index in [2.05, 4.69) is 22.9 Å². The number of hydrogen-bond donors (Lipinski definition) is 3. The molecule has 0 aromatic heterocycles. The number of piperazine rings is 1. The number of carbonyl (C=O) groups is 1. The van der Waals surface area contributed by atoms with E-state index >= 15 is 0 Å². The Morgan fingerprint density at radius 1 is 1.18 bits per heavy atom. The van der Waals surface area contributed by atoms with Gasteiger partial charge < -0.3 is 16.0 Å². The van der Waals surface area contributed by atoms with E-state index in [1.54, 1.807) is 0 Å². The average molecular weight is 239 g/mol. The normalized spacial score (nSPS) is 31.1. The smallest absolute Gasteiger partial charge is 0.238 e. The minimum atomic E-state index is -0.0465. The summed E-state index contributed by atoms with van der Waals surface area (Å²) in [7, 11) is 0. The molecule has 2 rings (SSSR count). The van der Waals surface area contributed by atoms with Gasteiger partial charge >= 0.3 is 0 Å². The zero-order chi connectivity index (χ0) is 12.1. The number of amides is 1. The van der Waals surface area contributed by atoms with E-state index in [-0.39, 0.29) is 11.9 Å². The van der Waals surface area contributed by atoms with Crippen LogP contribution < -0.4 is 16.0 Å². The molecule has 17 heavy (non-hydrogen) atoms. The first kappa shape index (κ1) is 12.8. The summed E-state index contributed by atoms with van der Waals surface area (Å²) < 4.78 is 0. The highest BCUT2D eigenvalue weighted by Gasteiger charge is 2.23. The van der Waals surface area contributed by atoms with Gasteiger partial charge in [-0.1, -0.05) is 19.3 Å². The van der Waals surface area contributed by atoms with E-state index in [0.29, 0.717) is 12.0 Å². The standard InChI is InChI=1S/C13H25N3O/c1-10-7-15-12(9-14-10)13(17)16-8-11-5-3-2-4-6-11/h10-12,14-15H,2-9H2,1H3,(H,16,17). The van der Waals surface area contributed by atoms with Gasteiger partial charge in [0.15, 0.2) is 0 Å². The van der Waals surface area contributed by atoms with Crippen molar-refractivity contribution in [1.29, 1.82) is 0 Å². The second-order valence-corrected chi connectivity index (χ2v) is 5.52. The molecule has 0 spiro atoms. The molecule has 0 radical (unpaired) electrons. The molecule has 0 aromatic rings. The summed E-state index contributed by atoms with van der Waals surface area (Å²) >= 11 is 0. The molecule has 98 valence electrons. The molecule has 2 aliphatic rings. The first-order valence-corrected chi connectivity index (χ1v) is 7.00. The van der Waals surface area contributed by atoms with E-state index in [0.717, 1.165) is 19.6 Å². The highest BCUT2D eigenvalue weighted by molar-refractivity contribution is 5.82. The Hall–Kier alpha value is -0.610. The van der Waals surface area contributed by atoms with Crippen LogP contribution in [0.4, 0.5) is 0 Å². The van der Waals surface area contributed by atoms with Crippen LogP contribution in [0.1, 0.15) is 39.0 Å². The van der Waals surface area contributed by atoms with Crippen molar-refractivity contribution in [3.63, 3.8) is 0 Å². The van der Waals surface area contributed by atoms with Gasteiger partial charge in [-0.15, -0.1) is 0 Å². The van der Waals surface area contributed by atoms with Crippen LogP contribution in [0, 0.1) is 5.92 Å². The summed E-state index contributed by atoms with van der Waals surface area (Å²) in [5, 5.41) is 9.70. The van der Waals surface area contributed by atoms with E-state index in [4.69, 9.17) is 0 Å². The van der Waals surface area contributed by atoms with Gasteiger partial charge in [-0.05, 0) is 25.7 Å². The van der Waals surface area contributed by atoms with Crippen molar-refractivity contribution in [3.8, 4) is 0 Å². The molecule has 1 heterocycles. The largest absolute Gasteiger partial charge is 0.354 e. The minimum Gasteiger partial charge on any atom is -0.354 e. The fourth-order valence-corrected chi connectivity index (χ4v) is 2.73. The van der Waals surface area contributed by atoms with Crippen molar-refractivity contribution in [3.05, 3.63) is 0 Å². The quantitative estimate of drug-likeness (QED) is 0.677. The highest BCUT2D eigenvalue weighted by atomic mass is 16.2. The number of hydrogen-bond acceptors (Lipinski definition) is 3. The Kier molecular flexibility index (Phi) is 4.80. The molecule has 1 aliphatic carbocycles. The summed E-state index contributed by atoms with van der Waals surface area (Å²) in [6, 6.07) is 0.423. The first-order valence-electron chi connectivity index (χ1n) is 7.00. The van der Waals surface area contributed by atoms with Gasteiger partial charge in [-0.25, -0.2) is 0 Å². The molecule has 1 saturated heterocycles. The van der Waals surface area contributed by atoms with Gasteiger partial charge in [0.1, 0.15) is 0 Å². The van der Waals surface area contributed by atoms with Crippen LogP contribution in [-0.4, -0.2) is 37.6 Å². The zero-order valence-corrected chi connectivity index (χ0v) is 10.8. The number of carbonyl (C=O) groups excluding carboxylic acids is 1. The summed E-state index contributed by atoms with van der Waals surface area (Å²) in [6.45, 7) is 4.62. The highest BCUT2D eigenvalue weighted by Crippen LogP contribution is 2.22. The van der Waals surface area contributed by atoms with E-state index in [1.165, 1.54) is 32.1 Å². The molecule has 1 saturated carbocycles. The SMILES string of the molecule is CC1CNC(C(=O)NCC2CCCCC2)CN1. The van der Waals surface area contributed by atoms with E-state index < -0.39 is 0 Å². The predicted octanol–water partition coefficient (Wildman–Crippen LogP) is 0.633. The van der Waals surface area contributed by atoms with Gasteiger partial charge in [0.2, 0.25) is 5.91 Å². The van der Waals surface area contributed by atoms with Crippen molar-refractivity contribution in [1.82, 2.24) is 16.0 Å². The first-order chi connectivity index (χ1) is 8.25. The molecule has 2 unspecified atom stereocenters. The van der Waals surface area contributed by atoms with Gasteiger partial charge in [0.25, 0.3) is 0 Å². The average Bonchev–Trinajstić information content (AvgIpc) is 2.38. The fraction of sp³-hybridized carbons (Fsp3) is 0.923. The molecule has 1 aliphatic heterocycles. The van der Waals surface area contributed by atoms with Crippen LogP contribution in [0.25, 0.3) is 0 Å². The monoisotopic (exact) mass is 239 g/mol. The van der Waals surface area contributed by atoms with Crippen molar-refractivity contribution >= 4 is 5.91 Å². The molecular formula is C13H25N3O. The Balaban J connectivity index is 1.66. The third kappa shape index (κ3) is 3.96. The maximum Gasteiger partial charge on any atom is 0.238 e. The van der Waals surface area contributed by atoms with Gasteiger partial charge in [-0.2, -0.15) is 0 Å². The second kappa shape index (κ2) is 6.36. The molecule has 0 aromatic carbocycles. The third-order valence-corrected chi connectivity index (χ3v) is 3.95. The summed E-state index contributed by atoms with van der Waals surface area (Å²) in [4.78, 5) is 11.9. The van der Waals surface area contributed by atoms with Crippen LogP contribution in [0.2, 0.25) is 0 Å². The molecule has 4 heteroatoms. The summed E-state index contributed by atoms with van der Waals surface area (Å²) in [5.74, 6) is 0.873. The predicted molar refractivity (Wildman–Crippen MR) is 68.8 cm³/mol. The lowest BCUT2D eigenvalue weighted by Crippen LogP contribution is -2.59. The lowest BCUT2D eigenvalue weighted by molar-refractivity contribution is -0.123. The van der Waals surface area contributed by atoms with Crippen molar-refractivity contribution in [2.45, 2.75) is 51.1 Å². The topological polar surface area (TPSA) is 53.2 Å². The maximum atomic E-state index is 11.9. The van der Waals surface area contributed by atoms with Crippen molar-refractivity contribution < 1.29 is 4.79 Å². The van der Waals surface area contributed by atoms with Crippen LogP contribution in [-0.2, 0) is 4.79 Å². The second-order valence-electron chi connectivity index (χ2n) is 5.52. The van der Waals surface area contributed by atoms with Gasteiger partial charge in [-0.3, -0.25) is 4.79 Å². The lowest BCUT2D eigenvalue weighted by Gasteiger charge is -2.29. The molecule has 2 atom stereocenters. The Bertz CT molecular complexity index is 243. The van der Waals surface area contributed by atoms with Crippen LogP contribution >= 0.6 is 0 Å². The zero-order valence-electron chi connectivity index (χ0n) is 10.8. The van der Waals surface area contributed by atoms with Crippen LogP contribution in [0.15, 0.2) is 0 Å². The van der Waals surface area contributed by atoms with Crippen molar-refractivity contribution in [2.24, 2.45) is 5.92 Å². The fourth-order valence-electron chi connectivity index (χ4n) is 2.73. The maximum absolute atomic E-state index is 11.9. The van der Waals surface area contributed by atoms with Crippen LogP contribution in [0.3, 0.4) is 0 Å². The number of rotatable bonds is 3. The third-order valence-electron chi connectivity index (χ3n) is 3.95. The molecule has 3 N–H and O–H groups in total. The minimum absolute atomic E-state index is 0.0465. The Labute approximate surface area is 104 Å². The molecule has 0 bridgehead atoms. The lowest BCUT2D eigenvalue weighted by atomic mass is 9.89. The van der Waals surface area contributed by atoms with Gasteiger partial charge in [0.05, 0.1) is 6.04 Å². The summed E-state index contributed by atoms with van der Waals surface area (Å²) in [6.07, 6.45) is 6.61. The number of nitrogens with one attached hydrogen (secondary N) is 3. The molecular weight excluding hydrogens is 214 g/mol. The van der Waals surface area contributed by atoms with Crippen molar-refractivity contribution in [2.75, 3.05) is 19.6 Å². The molecule has 2 fully saturated rings. The summed E-state index contributed by atoms with van der Waals surface area (Å²) in [5.41, 5.74) is 0. The van der Waals surface area contributed by atoms with Gasteiger partial charge in [0, 0.05) is 25.7 Å². The molecule has 4 nitrogen and oxygen atoms in total. The molecule has 1 amide bonds.